The number of carboxylic acids is 1. The van der Waals surface area contributed by atoms with E-state index in [1.54, 1.807) is 0 Å². The summed E-state index contributed by atoms with van der Waals surface area (Å²) in [7, 11) is 0. The molecule has 1 amide bonds. The normalized spacial score (nSPS) is 20.2. The van der Waals surface area contributed by atoms with Crippen molar-refractivity contribution in [3.8, 4) is 0 Å². The third-order valence-corrected chi connectivity index (χ3v) is 2.32. The van der Waals surface area contributed by atoms with Crippen LogP contribution in [0.1, 0.15) is 23.3 Å². The molecule has 1 aliphatic heterocycles. The number of oxazole rings is 1. The van der Waals surface area contributed by atoms with Crippen molar-refractivity contribution < 1.29 is 19.1 Å². The van der Waals surface area contributed by atoms with Crippen LogP contribution in [0.15, 0.2) is 10.7 Å². The van der Waals surface area contributed by atoms with Gasteiger partial charge in [-0.25, -0.2) is 4.79 Å². The molecule has 2 rings (SSSR count). The second-order valence-corrected chi connectivity index (χ2v) is 3.53. The number of aromatic nitrogens is 1. The van der Waals surface area contributed by atoms with E-state index in [2.05, 4.69) is 15.6 Å². The van der Waals surface area contributed by atoms with Crippen LogP contribution < -0.4 is 10.6 Å². The monoisotopic (exact) mass is 225 g/mol. The number of carbonyl (C=O) groups is 2. The van der Waals surface area contributed by atoms with Gasteiger partial charge in [0.2, 0.25) is 5.91 Å². The SMILES string of the molecule is O=C1CCC(Nc2nc(C(=O)O)co2)CN1. The van der Waals surface area contributed by atoms with Gasteiger partial charge in [0.05, 0.1) is 0 Å². The van der Waals surface area contributed by atoms with Crippen LogP contribution in [0.4, 0.5) is 6.01 Å². The minimum atomic E-state index is -1.13. The number of hydrogen-bond donors (Lipinski definition) is 3. The third kappa shape index (κ3) is 2.30. The van der Waals surface area contributed by atoms with Crippen LogP contribution in [0, 0.1) is 0 Å². The van der Waals surface area contributed by atoms with E-state index in [1.807, 2.05) is 0 Å². The molecule has 1 atom stereocenters. The topological polar surface area (TPSA) is 104 Å². The van der Waals surface area contributed by atoms with Crippen molar-refractivity contribution in [2.75, 3.05) is 11.9 Å². The van der Waals surface area contributed by atoms with E-state index >= 15 is 0 Å². The molecule has 16 heavy (non-hydrogen) atoms. The van der Waals surface area contributed by atoms with Crippen molar-refractivity contribution in [2.24, 2.45) is 0 Å². The molecule has 0 spiro atoms. The molecule has 3 N–H and O–H groups in total. The smallest absolute Gasteiger partial charge is 0.357 e. The Hall–Kier alpha value is -2.05. The first kappa shape index (κ1) is 10.5. The van der Waals surface area contributed by atoms with Crippen LogP contribution in [0.5, 0.6) is 0 Å². The summed E-state index contributed by atoms with van der Waals surface area (Å²) in [4.78, 5) is 25.2. The molecule has 1 fully saturated rings. The van der Waals surface area contributed by atoms with Gasteiger partial charge in [-0.05, 0) is 6.42 Å². The van der Waals surface area contributed by atoms with Crippen molar-refractivity contribution in [1.82, 2.24) is 10.3 Å². The molecule has 0 aliphatic carbocycles. The minimum Gasteiger partial charge on any atom is -0.476 e. The third-order valence-electron chi connectivity index (χ3n) is 2.32. The Morgan fingerprint density at radius 1 is 1.69 bits per heavy atom. The molecule has 2 heterocycles. The fourth-order valence-corrected chi connectivity index (χ4v) is 1.47. The van der Waals surface area contributed by atoms with E-state index in [4.69, 9.17) is 9.52 Å². The highest BCUT2D eigenvalue weighted by atomic mass is 16.4. The average molecular weight is 225 g/mol. The van der Waals surface area contributed by atoms with Crippen molar-refractivity contribution in [1.29, 1.82) is 0 Å². The highest BCUT2D eigenvalue weighted by Gasteiger charge is 2.19. The summed E-state index contributed by atoms with van der Waals surface area (Å²) in [5.41, 5.74) is -0.137. The number of carboxylic acid groups (broad SMARTS) is 1. The maximum atomic E-state index is 10.9. The van der Waals surface area contributed by atoms with Crippen molar-refractivity contribution in [3.63, 3.8) is 0 Å². The largest absolute Gasteiger partial charge is 0.476 e. The standard InChI is InChI=1S/C9H11N3O4/c13-7-2-1-5(3-10-7)11-9-12-6(4-16-9)8(14)15/h4-5H,1-3H2,(H,10,13)(H,11,12)(H,14,15). The van der Waals surface area contributed by atoms with Crippen LogP contribution in [-0.4, -0.2) is 34.6 Å². The maximum absolute atomic E-state index is 10.9. The number of carbonyl (C=O) groups excluding carboxylic acids is 1. The summed E-state index contributed by atoms with van der Waals surface area (Å²) < 4.78 is 4.94. The number of amides is 1. The molecule has 1 aromatic rings. The molecular weight excluding hydrogens is 214 g/mol. The number of anilines is 1. The summed E-state index contributed by atoms with van der Waals surface area (Å²) in [5, 5.41) is 14.2. The number of hydrogen-bond acceptors (Lipinski definition) is 5. The Bertz CT molecular complexity index is 405. The molecule has 1 aromatic heterocycles. The summed E-state index contributed by atoms with van der Waals surface area (Å²) in [6, 6.07) is 0.191. The van der Waals surface area contributed by atoms with E-state index in [0.29, 0.717) is 19.4 Å². The van der Waals surface area contributed by atoms with Gasteiger partial charge >= 0.3 is 5.97 Å². The predicted molar refractivity (Wildman–Crippen MR) is 53.1 cm³/mol. The summed E-state index contributed by atoms with van der Waals surface area (Å²) in [5.74, 6) is -1.11. The maximum Gasteiger partial charge on any atom is 0.357 e. The molecule has 1 aliphatic rings. The highest BCUT2D eigenvalue weighted by Crippen LogP contribution is 2.12. The fraction of sp³-hybridized carbons (Fsp3) is 0.444. The number of nitrogens with zero attached hydrogens (tertiary/aromatic N) is 1. The zero-order chi connectivity index (χ0) is 11.5. The lowest BCUT2D eigenvalue weighted by Gasteiger charge is -2.22. The van der Waals surface area contributed by atoms with E-state index in [-0.39, 0.29) is 23.7 Å². The first-order valence-electron chi connectivity index (χ1n) is 4.87. The van der Waals surface area contributed by atoms with Gasteiger partial charge in [0.25, 0.3) is 6.01 Å². The van der Waals surface area contributed by atoms with E-state index < -0.39 is 5.97 Å². The van der Waals surface area contributed by atoms with Gasteiger partial charge in [-0.15, -0.1) is 0 Å². The quantitative estimate of drug-likeness (QED) is 0.672. The zero-order valence-corrected chi connectivity index (χ0v) is 8.40. The summed E-state index contributed by atoms with van der Waals surface area (Å²) in [6.45, 7) is 0.490. The van der Waals surface area contributed by atoms with Gasteiger partial charge < -0.3 is 20.2 Å². The number of rotatable bonds is 3. The van der Waals surface area contributed by atoms with Gasteiger partial charge in [0.15, 0.2) is 5.69 Å². The summed E-state index contributed by atoms with van der Waals surface area (Å²) in [6.07, 6.45) is 2.20. The first-order chi connectivity index (χ1) is 7.65. The molecule has 1 unspecified atom stereocenters. The Balaban J connectivity index is 1.93. The van der Waals surface area contributed by atoms with Gasteiger partial charge in [0.1, 0.15) is 6.26 Å². The average Bonchev–Trinajstić information content (AvgIpc) is 2.70. The highest BCUT2D eigenvalue weighted by molar-refractivity contribution is 5.85. The van der Waals surface area contributed by atoms with Crippen molar-refractivity contribution in [2.45, 2.75) is 18.9 Å². The zero-order valence-electron chi connectivity index (χ0n) is 8.40. The molecule has 0 saturated carbocycles. The lowest BCUT2D eigenvalue weighted by atomic mass is 10.1. The van der Waals surface area contributed by atoms with Crippen molar-refractivity contribution >= 4 is 17.9 Å². The summed E-state index contributed by atoms with van der Waals surface area (Å²) >= 11 is 0. The van der Waals surface area contributed by atoms with E-state index in [1.165, 1.54) is 0 Å². The fourth-order valence-electron chi connectivity index (χ4n) is 1.47. The molecule has 1 saturated heterocycles. The second-order valence-electron chi connectivity index (χ2n) is 3.53. The molecule has 0 bridgehead atoms. The van der Waals surface area contributed by atoms with Crippen LogP contribution in [-0.2, 0) is 4.79 Å². The van der Waals surface area contributed by atoms with Gasteiger partial charge in [0, 0.05) is 19.0 Å². The Morgan fingerprint density at radius 2 is 2.50 bits per heavy atom. The number of piperidine rings is 1. The lowest BCUT2D eigenvalue weighted by Crippen LogP contribution is -2.41. The second kappa shape index (κ2) is 4.21. The number of aromatic carboxylic acids is 1. The minimum absolute atomic E-state index is 0.0247. The Morgan fingerprint density at radius 3 is 3.06 bits per heavy atom. The molecule has 7 nitrogen and oxygen atoms in total. The first-order valence-corrected chi connectivity index (χ1v) is 4.87. The van der Waals surface area contributed by atoms with Gasteiger partial charge in [-0.3, -0.25) is 4.79 Å². The van der Waals surface area contributed by atoms with Crippen molar-refractivity contribution in [3.05, 3.63) is 12.0 Å². The van der Waals surface area contributed by atoms with Crippen LogP contribution >= 0.6 is 0 Å². The number of nitrogens with one attached hydrogen (secondary N) is 2. The van der Waals surface area contributed by atoms with E-state index in [0.717, 1.165) is 6.26 Å². The molecular formula is C9H11N3O4. The lowest BCUT2D eigenvalue weighted by molar-refractivity contribution is -0.122. The molecule has 86 valence electrons. The van der Waals surface area contributed by atoms with Gasteiger partial charge in [-0.1, -0.05) is 0 Å². The van der Waals surface area contributed by atoms with Crippen LogP contribution in [0.25, 0.3) is 0 Å². The molecule has 0 radical (unpaired) electrons. The Labute approximate surface area is 90.8 Å². The van der Waals surface area contributed by atoms with E-state index in [9.17, 15) is 9.59 Å². The van der Waals surface area contributed by atoms with Crippen LogP contribution in [0.3, 0.4) is 0 Å². The predicted octanol–water partition coefficient (Wildman–Crippen LogP) is 0.0633. The molecule has 7 heteroatoms. The van der Waals surface area contributed by atoms with Gasteiger partial charge in [-0.2, -0.15) is 4.98 Å². The van der Waals surface area contributed by atoms with Crippen LogP contribution in [0.2, 0.25) is 0 Å². The molecule has 0 aromatic carbocycles. The Kier molecular flexibility index (Phi) is 2.76.